The van der Waals surface area contributed by atoms with E-state index < -0.39 is 0 Å². The molecule has 0 aromatic heterocycles. The van der Waals surface area contributed by atoms with Crippen LogP contribution < -0.4 is 9.47 Å². The zero-order chi connectivity index (χ0) is 17.6. The highest BCUT2D eigenvalue weighted by Gasteiger charge is 2.36. The first-order chi connectivity index (χ1) is 12.2. The monoisotopic (exact) mass is 340 g/mol. The summed E-state index contributed by atoms with van der Waals surface area (Å²) < 4.78 is 16.2. The highest BCUT2D eigenvalue weighted by molar-refractivity contribution is 5.75. The molecule has 0 spiro atoms. The highest BCUT2D eigenvalue weighted by Crippen LogP contribution is 2.30. The van der Waals surface area contributed by atoms with Crippen molar-refractivity contribution in [1.29, 1.82) is 0 Å². The minimum Gasteiger partial charge on any atom is -0.497 e. The van der Waals surface area contributed by atoms with Gasteiger partial charge in [-0.2, -0.15) is 0 Å². The molecule has 1 aliphatic rings. The van der Waals surface area contributed by atoms with Crippen LogP contribution in [0.4, 0.5) is 0 Å². The molecule has 25 heavy (non-hydrogen) atoms. The molecule has 0 N–H and O–H groups in total. The fourth-order valence-corrected chi connectivity index (χ4v) is 3.34. The van der Waals surface area contributed by atoms with Crippen LogP contribution in [0.3, 0.4) is 0 Å². The maximum Gasteiger partial charge on any atom is 0.309 e. The molecule has 4 nitrogen and oxygen atoms in total. The van der Waals surface area contributed by atoms with Gasteiger partial charge in [0.1, 0.15) is 11.5 Å². The maximum absolute atomic E-state index is 12.2. The molecular weight excluding hydrogens is 316 g/mol. The van der Waals surface area contributed by atoms with E-state index in [0.717, 1.165) is 23.5 Å². The Balaban J connectivity index is 1.72. The first-order valence-electron chi connectivity index (χ1n) is 8.71. The van der Waals surface area contributed by atoms with Crippen LogP contribution in [0.15, 0.2) is 48.5 Å². The van der Waals surface area contributed by atoms with Gasteiger partial charge in [-0.1, -0.05) is 24.3 Å². The van der Waals surface area contributed by atoms with Gasteiger partial charge in [0, 0.05) is 5.92 Å². The van der Waals surface area contributed by atoms with Crippen LogP contribution in [0.2, 0.25) is 0 Å². The number of methoxy groups -OCH3 is 1. The van der Waals surface area contributed by atoms with Crippen molar-refractivity contribution < 1.29 is 19.0 Å². The van der Waals surface area contributed by atoms with E-state index in [1.54, 1.807) is 7.11 Å². The summed E-state index contributed by atoms with van der Waals surface area (Å²) in [7, 11) is 1.65. The minimum absolute atomic E-state index is 0.103. The van der Waals surface area contributed by atoms with Gasteiger partial charge in [-0.3, -0.25) is 4.79 Å². The number of cyclic esters (lactones) is 1. The SMILES string of the molecule is CCOc1cccc(CC2COC(=O)C2Cc2cccc(OC)c2)c1. The molecule has 4 heteroatoms. The van der Waals surface area contributed by atoms with Crippen molar-refractivity contribution in [3.8, 4) is 11.5 Å². The van der Waals surface area contributed by atoms with Gasteiger partial charge in [-0.15, -0.1) is 0 Å². The van der Waals surface area contributed by atoms with E-state index in [0.29, 0.717) is 19.6 Å². The molecular formula is C21H24O4. The van der Waals surface area contributed by atoms with Gasteiger partial charge in [-0.25, -0.2) is 0 Å². The summed E-state index contributed by atoms with van der Waals surface area (Å²) in [4.78, 5) is 12.2. The molecule has 0 radical (unpaired) electrons. The van der Waals surface area contributed by atoms with E-state index in [9.17, 15) is 4.79 Å². The summed E-state index contributed by atoms with van der Waals surface area (Å²) in [5.74, 6) is 1.63. The number of rotatable bonds is 7. The number of benzene rings is 2. The number of hydrogen-bond acceptors (Lipinski definition) is 4. The van der Waals surface area contributed by atoms with Gasteiger partial charge in [0.25, 0.3) is 0 Å². The molecule has 0 bridgehead atoms. The topological polar surface area (TPSA) is 44.8 Å². The summed E-state index contributed by atoms with van der Waals surface area (Å²) in [5, 5.41) is 0. The normalized spacial score (nSPS) is 19.5. The largest absolute Gasteiger partial charge is 0.497 e. The van der Waals surface area contributed by atoms with Crippen LogP contribution >= 0.6 is 0 Å². The first-order valence-corrected chi connectivity index (χ1v) is 8.71. The Morgan fingerprint density at radius 2 is 1.72 bits per heavy atom. The number of ether oxygens (including phenoxy) is 3. The van der Waals surface area contributed by atoms with E-state index in [1.807, 2.05) is 43.3 Å². The zero-order valence-corrected chi connectivity index (χ0v) is 14.7. The molecule has 1 saturated heterocycles. The molecule has 2 unspecified atom stereocenters. The van der Waals surface area contributed by atoms with Crippen LogP contribution in [0.1, 0.15) is 18.1 Å². The first kappa shape index (κ1) is 17.3. The van der Waals surface area contributed by atoms with Crippen LogP contribution in [0.5, 0.6) is 11.5 Å². The zero-order valence-electron chi connectivity index (χ0n) is 14.7. The van der Waals surface area contributed by atoms with Crippen molar-refractivity contribution in [3.05, 3.63) is 59.7 Å². The van der Waals surface area contributed by atoms with Gasteiger partial charge < -0.3 is 14.2 Å². The van der Waals surface area contributed by atoms with Gasteiger partial charge in [-0.05, 0) is 55.2 Å². The summed E-state index contributed by atoms with van der Waals surface area (Å²) in [6.07, 6.45) is 1.48. The molecule has 132 valence electrons. The van der Waals surface area contributed by atoms with Crippen LogP contribution in [0.25, 0.3) is 0 Å². The van der Waals surface area contributed by atoms with E-state index in [1.165, 1.54) is 5.56 Å². The van der Waals surface area contributed by atoms with Crippen molar-refractivity contribution in [2.75, 3.05) is 20.3 Å². The Hall–Kier alpha value is -2.49. The average molecular weight is 340 g/mol. The summed E-state index contributed by atoms with van der Waals surface area (Å²) in [6, 6.07) is 16.0. The van der Waals surface area contributed by atoms with Crippen LogP contribution in [0, 0.1) is 11.8 Å². The molecule has 1 heterocycles. The fourth-order valence-electron chi connectivity index (χ4n) is 3.34. The van der Waals surface area contributed by atoms with Crippen LogP contribution in [-0.2, 0) is 22.4 Å². The van der Waals surface area contributed by atoms with Gasteiger partial charge in [0.2, 0.25) is 0 Å². The third kappa shape index (κ3) is 4.32. The molecule has 2 atom stereocenters. The Kier molecular flexibility index (Phi) is 5.59. The quantitative estimate of drug-likeness (QED) is 0.722. The highest BCUT2D eigenvalue weighted by atomic mass is 16.5. The lowest BCUT2D eigenvalue weighted by Gasteiger charge is -2.16. The predicted octanol–water partition coefficient (Wildman–Crippen LogP) is 3.67. The number of hydrogen-bond donors (Lipinski definition) is 0. The van der Waals surface area contributed by atoms with Crippen molar-refractivity contribution in [1.82, 2.24) is 0 Å². The molecule has 1 aliphatic heterocycles. The van der Waals surface area contributed by atoms with Crippen LogP contribution in [-0.4, -0.2) is 26.3 Å². The second-order valence-corrected chi connectivity index (χ2v) is 6.34. The third-order valence-corrected chi connectivity index (χ3v) is 4.61. The van der Waals surface area contributed by atoms with E-state index in [2.05, 4.69) is 12.1 Å². The molecule has 2 aromatic carbocycles. The molecule has 0 saturated carbocycles. The molecule has 0 amide bonds. The number of esters is 1. The summed E-state index contributed by atoms with van der Waals surface area (Å²) in [5.41, 5.74) is 2.26. The smallest absolute Gasteiger partial charge is 0.309 e. The van der Waals surface area contributed by atoms with Crippen molar-refractivity contribution in [2.24, 2.45) is 11.8 Å². The lowest BCUT2D eigenvalue weighted by atomic mass is 9.85. The second-order valence-electron chi connectivity index (χ2n) is 6.34. The summed E-state index contributed by atoms with van der Waals surface area (Å²) >= 11 is 0. The van der Waals surface area contributed by atoms with E-state index >= 15 is 0 Å². The summed E-state index contributed by atoms with van der Waals surface area (Å²) in [6.45, 7) is 3.10. The minimum atomic E-state index is -0.122. The van der Waals surface area contributed by atoms with E-state index in [-0.39, 0.29) is 17.8 Å². The Morgan fingerprint density at radius 3 is 2.44 bits per heavy atom. The van der Waals surface area contributed by atoms with Gasteiger partial charge in [0.05, 0.1) is 26.2 Å². The van der Waals surface area contributed by atoms with E-state index in [4.69, 9.17) is 14.2 Å². The maximum atomic E-state index is 12.2. The van der Waals surface area contributed by atoms with Crippen molar-refractivity contribution >= 4 is 5.97 Å². The van der Waals surface area contributed by atoms with Gasteiger partial charge >= 0.3 is 5.97 Å². The third-order valence-electron chi connectivity index (χ3n) is 4.61. The van der Waals surface area contributed by atoms with Gasteiger partial charge in [0.15, 0.2) is 0 Å². The Bertz CT molecular complexity index is 725. The Labute approximate surface area is 148 Å². The second kappa shape index (κ2) is 8.06. The fraction of sp³-hybridized carbons (Fsp3) is 0.381. The molecule has 0 aliphatic carbocycles. The number of carbonyl (C=O) groups is 1. The lowest BCUT2D eigenvalue weighted by Crippen LogP contribution is -2.20. The average Bonchev–Trinajstić information content (AvgIpc) is 2.96. The number of carbonyl (C=O) groups excluding carboxylic acids is 1. The molecule has 3 rings (SSSR count). The standard InChI is InChI=1S/C21H24O4/c1-3-24-19-9-5-6-15(12-19)10-17-14-25-21(22)20(17)13-16-7-4-8-18(11-16)23-2/h4-9,11-12,17,20H,3,10,13-14H2,1-2H3. The molecule has 2 aromatic rings. The van der Waals surface area contributed by atoms with Crippen molar-refractivity contribution in [3.63, 3.8) is 0 Å². The van der Waals surface area contributed by atoms with Crippen molar-refractivity contribution in [2.45, 2.75) is 19.8 Å². The molecule has 1 fully saturated rings. The predicted molar refractivity (Wildman–Crippen MR) is 96.0 cm³/mol. The lowest BCUT2D eigenvalue weighted by molar-refractivity contribution is -0.141. The Morgan fingerprint density at radius 1 is 1.04 bits per heavy atom.